The lowest BCUT2D eigenvalue weighted by molar-refractivity contribution is -0.0495. The van der Waals surface area contributed by atoms with Gasteiger partial charge >= 0.3 is 0 Å². The van der Waals surface area contributed by atoms with Gasteiger partial charge in [0.25, 0.3) is 11.8 Å². The highest BCUT2D eigenvalue weighted by molar-refractivity contribution is 6.02. The Morgan fingerprint density at radius 1 is 1.38 bits per heavy atom. The van der Waals surface area contributed by atoms with Gasteiger partial charge in [-0.05, 0) is 6.07 Å². The number of hydrogen-bond acceptors (Lipinski definition) is 5. The second-order valence-corrected chi connectivity index (χ2v) is 6.43. The monoisotopic (exact) mass is 405 g/mol. The van der Waals surface area contributed by atoms with Crippen LogP contribution in [0.3, 0.4) is 0 Å². The largest absolute Gasteiger partial charge is 0.481 e. The highest BCUT2D eigenvalue weighted by atomic mass is 19.3. The SMILES string of the molecule is CN/C=N\C(=N)c1cc(C(=O)N2CCC(F)(F)CC2)nn1-c1ccc(OC)nc1. The highest BCUT2D eigenvalue weighted by Gasteiger charge is 2.36. The van der Waals surface area contributed by atoms with Crippen LogP contribution in [0.15, 0.2) is 29.4 Å². The third kappa shape index (κ3) is 4.55. The minimum absolute atomic E-state index is 0.0467. The number of amidine groups is 1. The second-order valence-electron chi connectivity index (χ2n) is 6.43. The molecule has 0 unspecified atom stereocenters. The number of aliphatic imine (C=N–C) groups is 1. The van der Waals surface area contributed by atoms with Gasteiger partial charge in [-0.25, -0.2) is 23.4 Å². The summed E-state index contributed by atoms with van der Waals surface area (Å²) in [6.45, 7) is -0.0963. The number of carbonyl (C=O) groups is 1. The van der Waals surface area contributed by atoms with E-state index in [1.165, 1.54) is 35.3 Å². The Hall–Kier alpha value is -3.37. The number of hydrogen-bond donors (Lipinski definition) is 2. The molecule has 11 heteroatoms. The number of amides is 1. The molecule has 1 saturated heterocycles. The molecule has 1 aliphatic rings. The summed E-state index contributed by atoms with van der Waals surface area (Å²) in [5.74, 6) is -2.95. The number of nitrogens with zero attached hydrogens (tertiary/aromatic N) is 5. The van der Waals surface area contributed by atoms with E-state index < -0.39 is 11.8 Å². The molecule has 1 aliphatic heterocycles. The van der Waals surface area contributed by atoms with Gasteiger partial charge in [-0.2, -0.15) is 5.10 Å². The van der Waals surface area contributed by atoms with E-state index in [-0.39, 0.29) is 43.2 Å². The van der Waals surface area contributed by atoms with Crippen LogP contribution >= 0.6 is 0 Å². The third-order valence-electron chi connectivity index (χ3n) is 4.45. The van der Waals surface area contributed by atoms with E-state index in [9.17, 15) is 13.6 Å². The Kier molecular flexibility index (Phi) is 5.85. The second kappa shape index (κ2) is 8.33. The van der Waals surface area contributed by atoms with Crippen molar-refractivity contribution in [2.45, 2.75) is 18.8 Å². The first kappa shape index (κ1) is 20.4. The predicted octanol–water partition coefficient (Wildman–Crippen LogP) is 1.72. The van der Waals surface area contributed by atoms with Crippen molar-refractivity contribution in [2.24, 2.45) is 4.99 Å². The van der Waals surface area contributed by atoms with Gasteiger partial charge in [0.2, 0.25) is 5.88 Å². The first-order valence-electron chi connectivity index (χ1n) is 8.91. The maximum atomic E-state index is 13.4. The molecule has 1 fully saturated rings. The van der Waals surface area contributed by atoms with Crippen LogP contribution in [0, 0.1) is 5.41 Å². The number of nitrogens with one attached hydrogen (secondary N) is 2. The maximum absolute atomic E-state index is 13.4. The van der Waals surface area contributed by atoms with Crippen LogP contribution in [0.4, 0.5) is 8.78 Å². The van der Waals surface area contributed by atoms with Crippen molar-refractivity contribution in [2.75, 3.05) is 27.2 Å². The third-order valence-corrected chi connectivity index (χ3v) is 4.45. The zero-order valence-corrected chi connectivity index (χ0v) is 16.0. The van der Waals surface area contributed by atoms with E-state index in [4.69, 9.17) is 10.1 Å². The lowest BCUT2D eigenvalue weighted by atomic mass is 10.1. The highest BCUT2D eigenvalue weighted by Crippen LogP contribution is 2.28. The van der Waals surface area contributed by atoms with Crippen molar-refractivity contribution in [1.82, 2.24) is 25.0 Å². The molecule has 29 heavy (non-hydrogen) atoms. The summed E-state index contributed by atoms with van der Waals surface area (Å²) in [4.78, 5) is 22.2. The summed E-state index contributed by atoms with van der Waals surface area (Å²) in [6.07, 6.45) is 2.06. The number of alkyl halides is 2. The summed E-state index contributed by atoms with van der Waals surface area (Å²) < 4.78 is 33.2. The minimum Gasteiger partial charge on any atom is -0.481 e. The number of rotatable bonds is 5. The Morgan fingerprint density at radius 3 is 2.69 bits per heavy atom. The molecule has 0 saturated carbocycles. The van der Waals surface area contributed by atoms with Gasteiger partial charge in [-0.1, -0.05) is 0 Å². The van der Waals surface area contributed by atoms with Crippen LogP contribution in [0.1, 0.15) is 29.0 Å². The molecule has 9 nitrogen and oxygen atoms in total. The zero-order valence-electron chi connectivity index (χ0n) is 16.0. The number of likely N-dealkylation sites (tertiary alicyclic amines) is 1. The molecule has 0 aromatic carbocycles. The number of aromatic nitrogens is 3. The van der Waals surface area contributed by atoms with Gasteiger partial charge in [0, 0.05) is 45.1 Å². The summed E-state index contributed by atoms with van der Waals surface area (Å²) in [7, 11) is 3.13. The van der Waals surface area contributed by atoms with Crippen LogP contribution in [0.25, 0.3) is 5.69 Å². The van der Waals surface area contributed by atoms with Gasteiger partial charge in [0.15, 0.2) is 11.5 Å². The molecule has 0 bridgehead atoms. The molecule has 2 aromatic rings. The molecule has 1 amide bonds. The van der Waals surface area contributed by atoms with Gasteiger partial charge in [0.05, 0.1) is 25.3 Å². The summed E-state index contributed by atoms with van der Waals surface area (Å²) in [5.41, 5.74) is 0.800. The Morgan fingerprint density at radius 2 is 2.10 bits per heavy atom. The number of carbonyl (C=O) groups excluding carboxylic acids is 1. The fraction of sp³-hybridized carbons (Fsp3) is 0.389. The minimum atomic E-state index is -2.75. The molecule has 0 atom stereocenters. The molecule has 3 rings (SSSR count). The van der Waals surface area contributed by atoms with E-state index in [1.807, 2.05) is 0 Å². The standard InChI is InChI=1S/C18H21F2N7O2/c1-22-11-24-16(21)14-9-13(17(28)26-7-5-18(19,20)6-8-26)25-27(14)12-3-4-15(29-2)23-10-12/h3-4,9-11H,5-8H2,1-2H3,(H2,21,22,24). The quantitative estimate of drug-likeness (QED) is 0.582. The van der Waals surface area contributed by atoms with Gasteiger partial charge in [-0.3, -0.25) is 10.2 Å². The van der Waals surface area contributed by atoms with Gasteiger partial charge in [-0.15, -0.1) is 0 Å². The summed E-state index contributed by atoms with van der Waals surface area (Å²) >= 11 is 0. The molecule has 0 spiro atoms. The van der Waals surface area contributed by atoms with Crippen LogP contribution < -0.4 is 10.1 Å². The van der Waals surface area contributed by atoms with Gasteiger partial charge < -0.3 is 15.0 Å². The lowest BCUT2D eigenvalue weighted by Gasteiger charge is -2.31. The Labute approximate surface area is 165 Å². The maximum Gasteiger partial charge on any atom is 0.274 e. The fourth-order valence-electron chi connectivity index (χ4n) is 2.86. The number of pyridine rings is 1. The van der Waals surface area contributed by atoms with Crippen molar-refractivity contribution in [3.8, 4) is 11.6 Å². The average molecular weight is 405 g/mol. The zero-order chi connectivity index (χ0) is 21.0. The van der Waals surface area contributed by atoms with Crippen molar-refractivity contribution in [1.29, 1.82) is 5.41 Å². The number of halogens is 2. The van der Waals surface area contributed by atoms with E-state index in [1.54, 1.807) is 19.2 Å². The molecule has 0 aliphatic carbocycles. The van der Waals surface area contributed by atoms with E-state index >= 15 is 0 Å². The lowest BCUT2D eigenvalue weighted by Crippen LogP contribution is -2.42. The smallest absolute Gasteiger partial charge is 0.274 e. The Balaban J connectivity index is 1.94. The number of ether oxygens (including phenoxy) is 1. The Bertz CT molecular complexity index is 915. The van der Waals surface area contributed by atoms with Crippen LogP contribution in [0.2, 0.25) is 0 Å². The van der Waals surface area contributed by atoms with Crippen molar-refractivity contribution in [3.63, 3.8) is 0 Å². The fourth-order valence-corrected chi connectivity index (χ4v) is 2.86. The molecule has 3 heterocycles. The van der Waals surface area contributed by atoms with E-state index in [0.717, 1.165) is 0 Å². The van der Waals surface area contributed by atoms with E-state index in [0.29, 0.717) is 11.6 Å². The molecule has 154 valence electrons. The number of methoxy groups -OCH3 is 1. The molecule has 2 N–H and O–H groups in total. The van der Waals surface area contributed by atoms with E-state index in [2.05, 4.69) is 20.4 Å². The summed E-state index contributed by atoms with van der Waals surface area (Å²) in [6, 6.07) is 4.72. The molecule has 0 radical (unpaired) electrons. The van der Waals surface area contributed by atoms with Gasteiger partial charge in [0.1, 0.15) is 5.69 Å². The van der Waals surface area contributed by atoms with Crippen molar-refractivity contribution >= 4 is 18.1 Å². The molecular weight excluding hydrogens is 384 g/mol. The topological polar surface area (TPSA) is 108 Å². The van der Waals surface area contributed by atoms with Crippen molar-refractivity contribution in [3.05, 3.63) is 35.8 Å². The van der Waals surface area contributed by atoms with Crippen LogP contribution in [0.5, 0.6) is 5.88 Å². The average Bonchev–Trinajstić information content (AvgIpc) is 3.17. The normalized spacial score (nSPS) is 16.1. The molecular formula is C18H21F2N7O2. The number of piperidine rings is 1. The summed E-state index contributed by atoms with van der Waals surface area (Å²) in [5, 5.41) is 15.2. The van der Waals surface area contributed by atoms with Crippen LogP contribution in [-0.4, -0.2) is 70.9 Å². The first-order chi connectivity index (χ1) is 13.8. The van der Waals surface area contributed by atoms with Crippen molar-refractivity contribution < 1.29 is 18.3 Å². The molecule has 2 aromatic heterocycles. The van der Waals surface area contributed by atoms with Crippen LogP contribution in [-0.2, 0) is 0 Å². The predicted molar refractivity (Wildman–Crippen MR) is 102 cm³/mol. The first-order valence-corrected chi connectivity index (χ1v) is 8.91.